The van der Waals surface area contributed by atoms with Gasteiger partial charge in [-0.15, -0.1) is 0 Å². The molecule has 1 rings (SSSR count). The standard InChI is InChI=1S/C18H30N2O3/c1-12(2)19-17(22)10-20(6)9-16(21)11-23-18-14(4)8-7-13(3)15(18)5/h7-8,12,16,21H,9-11H2,1-6H3,(H,19,22). The Bertz CT molecular complexity index is 529. The maximum absolute atomic E-state index is 11.7. The van der Waals surface area contributed by atoms with Crippen molar-refractivity contribution in [1.29, 1.82) is 0 Å². The molecule has 2 N–H and O–H groups in total. The number of benzene rings is 1. The predicted octanol–water partition coefficient (Wildman–Crippen LogP) is 1.81. The fraction of sp³-hybridized carbons (Fsp3) is 0.611. The molecule has 23 heavy (non-hydrogen) atoms. The predicted molar refractivity (Wildman–Crippen MR) is 92.9 cm³/mol. The Morgan fingerprint density at radius 2 is 1.87 bits per heavy atom. The molecule has 0 aliphatic rings. The zero-order chi connectivity index (χ0) is 17.6. The number of ether oxygens (including phenoxy) is 1. The minimum atomic E-state index is -0.647. The smallest absolute Gasteiger partial charge is 0.234 e. The van der Waals surface area contributed by atoms with Gasteiger partial charge in [0.15, 0.2) is 0 Å². The first-order valence-corrected chi connectivity index (χ1v) is 8.06. The fourth-order valence-electron chi connectivity index (χ4n) is 2.42. The summed E-state index contributed by atoms with van der Waals surface area (Å²) in [6.07, 6.45) is -0.647. The van der Waals surface area contributed by atoms with Crippen LogP contribution in [0.5, 0.6) is 5.75 Å². The van der Waals surface area contributed by atoms with E-state index in [1.54, 1.807) is 4.90 Å². The lowest BCUT2D eigenvalue weighted by Gasteiger charge is -2.22. The number of aliphatic hydroxyl groups is 1. The Morgan fingerprint density at radius 3 is 2.48 bits per heavy atom. The summed E-state index contributed by atoms with van der Waals surface area (Å²) in [5.41, 5.74) is 3.33. The molecule has 0 saturated carbocycles. The first kappa shape index (κ1) is 19.5. The van der Waals surface area contributed by atoms with Gasteiger partial charge in [-0.25, -0.2) is 0 Å². The molecule has 1 amide bonds. The van der Waals surface area contributed by atoms with E-state index in [0.29, 0.717) is 6.54 Å². The molecule has 0 fully saturated rings. The monoisotopic (exact) mass is 322 g/mol. The van der Waals surface area contributed by atoms with Crippen molar-refractivity contribution in [3.05, 3.63) is 28.8 Å². The van der Waals surface area contributed by atoms with Crippen molar-refractivity contribution in [2.45, 2.75) is 46.8 Å². The second-order valence-electron chi connectivity index (χ2n) is 6.54. The Morgan fingerprint density at radius 1 is 1.26 bits per heavy atom. The van der Waals surface area contributed by atoms with E-state index in [4.69, 9.17) is 4.74 Å². The second kappa shape index (κ2) is 8.89. The number of amides is 1. The Balaban J connectivity index is 2.47. The molecule has 1 unspecified atom stereocenters. The van der Waals surface area contributed by atoms with Gasteiger partial charge in [-0.3, -0.25) is 9.69 Å². The van der Waals surface area contributed by atoms with E-state index in [0.717, 1.165) is 16.9 Å². The molecule has 1 atom stereocenters. The molecular weight excluding hydrogens is 292 g/mol. The second-order valence-corrected chi connectivity index (χ2v) is 6.54. The van der Waals surface area contributed by atoms with Gasteiger partial charge in [0.2, 0.25) is 5.91 Å². The van der Waals surface area contributed by atoms with Crippen LogP contribution < -0.4 is 10.1 Å². The highest BCUT2D eigenvalue weighted by atomic mass is 16.5. The van der Waals surface area contributed by atoms with Crippen LogP contribution in [-0.4, -0.2) is 54.8 Å². The molecule has 0 heterocycles. The van der Waals surface area contributed by atoms with Crippen molar-refractivity contribution in [1.82, 2.24) is 10.2 Å². The van der Waals surface area contributed by atoms with Crippen LogP contribution in [0.4, 0.5) is 0 Å². The molecule has 0 aliphatic heterocycles. The van der Waals surface area contributed by atoms with E-state index >= 15 is 0 Å². The molecule has 1 aromatic carbocycles. The van der Waals surface area contributed by atoms with Crippen LogP contribution in [0.25, 0.3) is 0 Å². The topological polar surface area (TPSA) is 61.8 Å². The highest BCUT2D eigenvalue weighted by molar-refractivity contribution is 5.78. The van der Waals surface area contributed by atoms with Gasteiger partial charge in [0.25, 0.3) is 0 Å². The summed E-state index contributed by atoms with van der Waals surface area (Å²) < 4.78 is 5.80. The first-order chi connectivity index (χ1) is 10.7. The third kappa shape index (κ3) is 6.59. The molecule has 5 heteroatoms. The van der Waals surface area contributed by atoms with Gasteiger partial charge >= 0.3 is 0 Å². The van der Waals surface area contributed by atoms with Crippen LogP contribution in [0.15, 0.2) is 12.1 Å². The van der Waals surface area contributed by atoms with Crippen LogP contribution in [0.2, 0.25) is 0 Å². The maximum Gasteiger partial charge on any atom is 0.234 e. The molecule has 5 nitrogen and oxygen atoms in total. The molecule has 0 spiro atoms. The van der Waals surface area contributed by atoms with E-state index < -0.39 is 6.10 Å². The van der Waals surface area contributed by atoms with Gasteiger partial charge in [0, 0.05) is 12.6 Å². The average molecular weight is 322 g/mol. The number of nitrogens with zero attached hydrogens (tertiary/aromatic N) is 1. The third-order valence-corrected chi connectivity index (χ3v) is 3.68. The quantitative estimate of drug-likeness (QED) is 0.766. The zero-order valence-electron chi connectivity index (χ0n) is 15.1. The van der Waals surface area contributed by atoms with Crippen LogP contribution in [0.1, 0.15) is 30.5 Å². The number of rotatable bonds is 8. The summed E-state index contributed by atoms with van der Waals surface area (Å²) in [5, 5.41) is 13.0. The van der Waals surface area contributed by atoms with E-state index in [1.807, 2.05) is 47.7 Å². The minimum absolute atomic E-state index is 0.0407. The van der Waals surface area contributed by atoms with Crippen molar-refractivity contribution in [2.75, 3.05) is 26.7 Å². The highest BCUT2D eigenvalue weighted by Gasteiger charge is 2.14. The summed E-state index contributed by atoms with van der Waals surface area (Å²) in [4.78, 5) is 13.5. The number of carbonyl (C=O) groups is 1. The van der Waals surface area contributed by atoms with E-state index in [-0.39, 0.29) is 25.1 Å². The number of carbonyl (C=O) groups excluding carboxylic acids is 1. The zero-order valence-corrected chi connectivity index (χ0v) is 15.1. The molecule has 130 valence electrons. The lowest BCUT2D eigenvalue weighted by atomic mass is 10.1. The van der Waals surface area contributed by atoms with Crippen molar-refractivity contribution < 1.29 is 14.6 Å². The lowest BCUT2D eigenvalue weighted by Crippen LogP contribution is -2.42. The molecule has 0 radical (unpaired) electrons. The van der Waals surface area contributed by atoms with E-state index in [1.165, 1.54) is 5.56 Å². The third-order valence-electron chi connectivity index (χ3n) is 3.68. The largest absolute Gasteiger partial charge is 0.490 e. The molecule has 0 aliphatic carbocycles. The summed E-state index contributed by atoms with van der Waals surface area (Å²) in [6, 6.07) is 4.21. The van der Waals surface area contributed by atoms with Crippen molar-refractivity contribution in [3.8, 4) is 5.75 Å². The number of nitrogens with one attached hydrogen (secondary N) is 1. The van der Waals surface area contributed by atoms with Gasteiger partial charge in [-0.05, 0) is 58.4 Å². The summed E-state index contributed by atoms with van der Waals surface area (Å²) in [5.74, 6) is 0.797. The summed E-state index contributed by atoms with van der Waals surface area (Å²) >= 11 is 0. The van der Waals surface area contributed by atoms with Crippen molar-refractivity contribution in [2.24, 2.45) is 0 Å². The Labute approximate surface area is 139 Å². The summed E-state index contributed by atoms with van der Waals surface area (Å²) in [6.45, 7) is 10.8. The molecule has 0 aromatic heterocycles. The maximum atomic E-state index is 11.7. The lowest BCUT2D eigenvalue weighted by molar-refractivity contribution is -0.122. The highest BCUT2D eigenvalue weighted by Crippen LogP contribution is 2.25. The van der Waals surface area contributed by atoms with Gasteiger partial charge in [0.1, 0.15) is 18.5 Å². The van der Waals surface area contributed by atoms with Gasteiger partial charge in [-0.1, -0.05) is 12.1 Å². The van der Waals surface area contributed by atoms with Crippen molar-refractivity contribution >= 4 is 5.91 Å². The number of hydrogen-bond donors (Lipinski definition) is 2. The van der Waals surface area contributed by atoms with Crippen LogP contribution >= 0.6 is 0 Å². The minimum Gasteiger partial charge on any atom is -0.490 e. The van der Waals surface area contributed by atoms with Crippen LogP contribution in [0.3, 0.4) is 0 Å². The van der Waals surface area contributed by atoms with Crippen LogP contribution in [-0.2, 0) is 4.79 Å². The Kier molecular flexibility index (Phi) is 7.52. The average Bonchev–Trinajstić information content (AvgIpc) is 2.41. The van der Waals surface area contributed by atoms with Gasteiger partial charge in [-0.2, -0.15) is 0 Å². The van der Waals surface area contributed by atoms with E-state index in [9.17, 15) is 9.90 Å². The van der Waals surface area contributed by atoms with E-state index in [2.05, 4.69) is 11.4 Å². The molecule has 0 bridgehead atoms. The molecule has 1 aromatic rings. The Hall–Kier alpha value is -1.59. The summed E-state index contributed by atoms with van der Waals surface area (Å²) in [7, 11) is 1.81. The SMILES string of the molecule is Cc1ccc(C)c(OCC(O)CN(C)CC(=O)NC(C)C)c1C. The van der Waals surface area contributed by atoms with Gasteiger partial charge in [0.05, 0.1) is 6.54 Å². The van der Waals surface area contributed by atoms with Crippen LogP contribution in [0, 0.1) is 20.8 Å². The normalized spacial score (nSPS) is 12.6. The van der Waals surface area contributed by atoms with Crippen molar-refractivity contribution in [3.63, 3.8) is 0 Å². The number of hydrogen-bond acceptors (Lipinski definition) is 4. The first-order valence-electron chi connectivity index (χ1n) is 8.06. The molecular formula is C18H30N2O3. The number of aryl methyl sites for hydroxylation is 2. The van der Waals surface area contributed by atoms with Gasteiger partial charge < -0.3 is 15.2 Å². The fourth-order valence-corrected chi connectivity index (χ4v) is 2.42. The molecule has 0 saturated heterocycles. The number of likely N-dealkylation sites (N-methyl/N-ethyl adjacent to an activating group) is 1. The number of aliphatic hydroxyl groups excluding tert-OH is 1.